The Morgan fingerprint density at radius 3 is 2.71 bits per heavy atom. The predicted molar refractivity (Wildman–Crippen MR) is 115 cm³/mol. The maximum absolute atomic E-state index is 9.31. The molecule has 150 valence electrons. The zero-order valence-corrected chi connectivity index (χ0v) is 16.6. The van der Waals surface area contributed by atoms with E-state index in [9.17, 15) is 10.5 Å². The second-order valence-electron chi connectivity index (χ2n) is 7.88. The third-order valence-corrected chi connectivity index (χ3v) is 5.84. The highest BCUT2D eigenvalue weighted by molar-refractivity contribution is 5.96. The average Bonchev–Trinajstić information content (AvgIpc) is 3.26. The van der Waals surface area contributed by atoms with Gasteiger partial charge in [-0.15, -0.1) is 0 Å². The summed E-state index contributed by atoms with van der Waals surface area (Å²) in [5.74, 6) is -0.0623. The number of benzene rings is 1. The highest BCUT2D eigenvalue weighted by atomic mass is 15.5. The molecule has 5 rings (SSSR count). The molecule has 0 aliphatic heterocycles. The number of nitriles is 2. The smallest absolute Gasteiger partial charge is 0.113 e. The summed E-state index contributed by atoms with van der Waals surface area (Å²) in [6.07, 6.45) is 6.53. The molecule has 4 aromatic rings. The molecule has 0 amide bonds. The third kappa shape index (κ3) is 3.15. The molecular weight excluding hydrogens is 388 g/mol. The second-order valence-corrected chi connectivity index (χ2v) is 7.88. The predicted octanol–water partition coefficient (Wildman–Crippen LogP) is 3.68. The zero-order chi connectivity index (χ0) is 21.4. The summed E-state index contributed by atoms with van der Waals surface area (Å²) in [4.78, 5) is 10.6. The van der Waals surface area contributed by atoms with Gasteiger partial charge in [0.2, 0.25) is 0 Å². The van der Waals surface area contributed by atoms with Gasteiger partial charge in [-0.2, -0.15) is 25.5 Å². The maximum Gasteiger partial charge on any atom is 0.113 e. The van der Waals surface area contributed by atoms with Crippen molar-refractivity contribution in [2.45, 2.75) is 24.8 Å². The van der Waals surface area contributed by atoms with Crippen molar-refractivity contribution < 1.29 is 0 Å². The van der Waals surface area contributed by atoms with E-state index in [0.29, 0.717) is 24.2 Å². The molecule has 1 saturated carbocycles. The Bertz CT molecular complexity index is 1350. The van der Waals surface area contributed by atoms with Gasteiger partial charge in [0.15, 0.2) is 0 Å². The highest BCUT2D eigenvalue weighted by Gasteiger charge is 2.48. The fraction of sp³-hybridized carbons (Fsp3) is 0.217. The van der Waals surface area contributed by atoms with E-state index in [1.165, 1.54) is 0 Å². The number of rotatable bonds is 4. The van der Waals surface area contributed by atoms with Crippen molar-refractivity contribution in [3.8, 4) is 34.7 Å². The molecule has 0 saturated heterocycles. The van der Waals surface area contributed by atoms with E-state index in [2.05, 4.69) is 27.2 Å². The van der Waals surface area contributed by atoms with Crippen molar-refractivity contribution >= 4 is 16.6 Å². The molecule has 8 nitrogen and oxygen atoms in total. The van der Waals surface area contributed by atoms with Gasteiger partial charge in [-0.1, -0.05) is 6.07 Å². The lowest BCUT2D eigenvalue weighted by Crippen LogP contribution is -2.47. The molecule has 3 aromatic heterocycles. The van der Waals surface area contributed by atoms with Crippen LogP contribution in [0.4, 0.5) is 5.69 Å². The molecule has 0 spiro atoms. The molecule has 0 atom stereocenters. The van der Waals surface area contributed by atoms with Crippen molar-refractivity contribution in [2.24, 2.45) is 5.92 Å². The summed E-state index contributed by atoms with van der Waals surface area (Å²) in [6.45, 7) is 0. The molecular formula is C23H18N8. The largest absolute Gasteiger partial charge is 0.397 e. The SMILES string of the molecule is N#CC[C@]1(n2ncc(-c3cc(-c4ccc(N)cn4)cc4ncccc34)n2)C[C@H](C#N)C1. The summed E-state index contributed by atoms with van der Waals surface area (Å²) in [5.41, 5.74) is 9.95. The number of nitrogens with two attached hydrogens (primary N) is 1. The quantitative estimate of drug-likeness (QED) is 0.547. The van der Waals surface area contributed by atoms with Gasteiger partial charge in [-0.05, 0) is 43.2 Å². The minimum atomic E-state index is -0.516. The van der Waals surface area contributed by atoms with Crippen LogP contribution in [0, 0.1) is 28.6 Å². The van der Waals surface area contributed by atoms with E-state index < -0.39 is 5.54 Å². The molecule has 0 unspecified atom stereocenters. The van der Waals surface area contributed by atoms with Gasteiger partial charge in [-0.3, -0.25) is 9.97 Å². The number of nitrogens with zero attached hydrogens (tertiary/aromatic N) is 7. The molecule has 8 heteroatoms. The molecule has 1 fully saturated rings. The molecule has 1 aliphatic carbocycles. The summed E-state index contributed by atoms with van der Waals surface area (Å²) in [5, 5.41) is 28.7. The summed E-state index contributed by atoms with van der Waals surface area (Å²) in [7, 11) is 0. The van der Waals surface area contributed by atoms with Crippen LogP contribution in [0.2, 0.25) is 0 Å². The standard InChI is InChI=1S/C23H18N8/c24-6-5-23(10-15(11-23)12-25)31-29-14-22(30-31)19-8-16(20-4-3-17(26)13-28-20)9-21-18(19)2-1-7-27-21/h1-4,7-9,13-15H,5,10-11,26H2/t15-,23-. The lowest BCUT2D eigenvalue weighted by atomic mass is 9.68. The number of anilines is 1. The van der Waals surface area contributed by atoms with Crippen LogP contribution >= 0.6 is 0 Å². The Morgan fingerprint density at radius 2 is 1.97 bits per heavy atom. The minimum Gasteiger partial charge on any atom is -0.397 e. The Balaban J connectivity index is 1.62. The minimum absolute atomic E-state index is 0.0623. The van der Waals surface area contributed by atoms with Crippen molar-refractivity contribution in [2.75, 3.05) is 5.73 Å². The van der Waals surface area contributed by atoms with E-state index >= 15 is 0 Å². The van der Waals surface area contributed by atoms with Crippen LogP contribution in [0.5, 0.6) is 0 Å². The van der Waals surface area contributed by atoms with Gasteiger partial charge >= 0.3 is 0 Å². The molecule has 3 heterocycles. The van der Waals surface area contributed by atoms with Gasteiger partial charge in [0, 0.05) is 22.7 Å². The Morgan fingerprint density at radius 1 is 1.10 bits per heavy atom. The van der Waals surface area contributed by atoms with Gasteiger partial charge in [-0.25, -0.2) is 0 Å². The topological polar surface area (TPSA) is 130 Å². The fourth-order valence-corrected chi connectivity index (χ4v) is 4.21. The van der Waals surface area contributed by atoms with Crippen LogP contribution in [0.25, 0.3) is 33.4 Å². The molecule has 2 N–H and O–H groups in total. The van der Waals surface area contributed by atoms with E-state index in [4.69, 9.17) is 10.8 Å². The van der Waals surface area contributed by atoms with E-state index in [1.807, 2.05) is 36.4 Å². The first-order chi connectivity index (χ1) is 15.1. The Hall–Kier alpha value is -4.30. The Labute approximate surface area is 178 Å². The molecule has 1 aromatic carbocycles. The van der Waals surface area contributed by atoms with Crippen molar-refractivity contribution in [1.29, 1.82) is 10.5 Å². The highest BCUT2D eigenvalue weighted by Crippen LogP contribution is 2.45. The van der Waals surface area contributed by atoms with Crippen LogP contribution in [-0.4, -0.2) is 25.0 Å². The summed E-state index contributed by atoms with van der Waals surface area (Å²) < 4.78 is 0. The van der Waals surface area contributed by atoms with Crippen LogP contribution in [0.3, 0.4) is 0 Å². The van der Waals surface area contributed by atoms with Crippen LogP contribution < -0.4 is 5.73 Å². The lowest BCUT2D eigenvalue weighted by molar-refractivity contribution is 0.0713. The number of nitrogen functional groups attached to an aromatic ring is 1. The number of hydrogen-bond acceptors (Lipinski definition) is 7. The van der Waals surface area contributed by atoms with Gasteiger partial charge in [0.1, 0.15) is 5.69 Å². The number of pyridine rings is 2. The normalized spacial score (nSPS) is 20.0. The fourth-order valence-electron chi connectivity index (χ4n) is 4.21. The van der Waals surface area contributed by atoms with Crippen LogP contribution in [0.15, 0.2) is 55.0 Å². The molecule has 0 bridgehead atoms. The first kappa shape index (κ1) is 18.7. The maximum atomic E-state index is 9.31. The Kier molecular flexibility index (Phi) is 4.34. The van der Waals surface area contributed by atoms with Crippen LogP contribution in [0.1, 0.15) is 19.3 Å². The number of hydrogen-bond donors (Lipinski definition) is 1. The average molecular weight is 406 g/mol. The summed E-state index contributed by atoms with van der Waals surface area (Å²) >= 11 is 0. The van der Waals surface area contributed by atoms with Crippen molar-refractivity contribution in [3.63, 3.8) is 0 Å². The molecule has 0 radical (unpaired) electrons. The molecule has 31 heavy (non-hydrogen) atoms. The van der Waals surface area contributed by atoms with E-state index in [-0.39, 0.29) is 12.3 Å². The number of fused-ring (bicyclic) bond motifs is 1. The van der Waals surface area contributed by atoms with Crippen LogP contribution in [-0.2, 0) is 5.54 Å². The second kappa shape index (κ2) is 7.19. The summed E-state index contributed by atoms with van der Waals surface area (Å²) in [6, 6.07) is 16.1. The van der Waals surface area contributed by atoms with E-state index in [0.717, 1.165) is 27.7 Å². The first-order valence-corrected chi connectivity index (χ1v) is 9.92. The zero-order valence-electron chi connectivity index (χ0n) is 16.6. The first-order valence-electron chi connectivity index (χ1n) is 9.92. The van der Waals surface area contributed by atoms with Crippen molar-refractivity contribution in [1.82, 2.24) is 25.0 Å². The molecule has 1 aliphatic rings. The van der Waals surface area contributed by atoms with Gasteiger partial charge < -0.3 is 5.73 Å². The lowest BCUT2D eigenvalue weighted by Gasteiger charge is -2.42. The monoisotopic (exact) mass is 406 g/mol. The third-order valence-electron chi connectivity index (χ3n) is 5.84. The number of aromatic nitrogens is 5. The van der Waals surface area contributed by atoms with Gasteiger partial charge in [0.05, 0.1) is 59.3 Å². The van der Waals surface area contributed by atoms with Gasteiger partial charge in [0.25, 0.3) is 0 Å². The van der Waals surface area contributed by atoms with E-state index in [1.54, 1.807) is 23.4 Å². The van der Waals surface area contributed by atoms with Crippen molar-refractivity contribution in [3.05, 3.63) is 55.0 Å².